The zero-order valence-electron chi connectivity index (χ0n) is 10.4. The van der Waals surface area contributed by atoms with E-state index in [2.05, 4.69) is 57.5 Å². The summed E-state index contributed by atoms with van der Waals surface area (Å²) in [6, 6.07) is 0. The van der Waals surface area contributed by atoms with Gasteiger partial charge in [0, 0.05) is 12.6 Å². The normalized spacial score (nSPS) is 13.6. The van der Waals surface area contributed by atoms with Crippen molar-refractivity contribution in [3.8, 4) is 0 Å². The van der Waals surface area contributed by atoms with Gasteiger partial charge >= 0.3 is 0 Å². The van der Waals surface area contributed by atoms with Gasteiger partial charge in [-0.2, -0.15) is 0 Å². The Morgan fingerprint density at radius 2 is 1.87 bits per heavy atom. The second-order valence-electron chi connectivity index (χ2n) is 4.27. The van der Waals surface area contributed by atoms with Gasteiger partial charge in [0.2, 0.25) is 0 Å². The Kier molecular flexibility index (Phi) is 7.61. The van der Waals surface area contributed by atoms with Crippen LogP contribution in [-0.2, 0) is 0 Å². The van der Waals surface area contributed by atoms with Crippen LogP contribution >= 0.6 is 0 Å². The highest BCUT2D eigenvalue weighted by Crippen LogP contribution is 2.07. The fraction of sp³-hybridized carbons (Fsp3) is 0.500. The third-order valence-corrected chi connectivity index (χ3v) is 1.67. The summed E-state index contributed by atoms with van der Waals surface area (Å²) in [5.41, 5.74) is 1.04. The van der Waals surface area contributed by atoms with Gasteiger partial charge < -0.3 is 0 Å². The highest BCUT2D eigenvalue weighted by Gasteiger charge is 1.92. The Bertz CT molecular complexity index is 255. The van der Waals surface area contributed by atoms with Gasteiger partial charge in [0.05, 0.1) is 5.70 Å². The lowest BCUT2D eigenvalue weighted by Gasteiger charge is -1.99. The van der Waals surface area contributed by atoms with E-state index in [0.29, 0.717) is 11.8 Å². The highest BCUT2D eigenvalue weighted by molar-refractivity contribution is 5.61. The average Bonchev–Trinajstić information content (AvgIpc) is 2.13. The molecule has 0 saturated carbocycles. The van der Waals surface area contributed by atoms with E-state index < -0.39 is 0 Å². The van der Waals surface area contributed by atoms with Crippen molar-refractivity contribution < 1.29 is 0 Å². The summed E-state index contributed by atoms with van der Waals surface area (Å²) < 4.78 is 0. The molecule has 0 N–H and O–H groups in total. The standard InChI is InChI=1S/C14H23N/c1-6-7-10-15-14(11-13(4)5)9-8-12(2)3/h6,8-13H,1,7H2,2-5H3/b9-8-,14-11+,15-10+. The van der Waals surface area contributed by atoms with E-state index in [0.717, 1.165) is 12.1 Å². The second kappa shape index (κ2) is 8.22. The van der Waals surface area contributed by atoms with Crippen molar-refractivity contribution in [3.63, 3.8) is 0 Å². The second-order valence-corrected chi connectivity index (χ2v) is 4.27. The fourth-order valence-electron chi connectivity index (χ4n) is 1.01. The fourth-order valence-corrected chi connectivity index (χ4v) is 1.01. The molecule has 0 aliphatic heterocycles. The first-order valence-electron chi connectivity index (χ1n) is 5.59. The minimum atomic E-state index is 0.526. The van der Waals surface area contributed by atoms with Crippen LogP contribution in [0.3, 0.4) is 0 Å². The number of allylic oxidation sites excluding steroid dienone is 4. The minimum absolute atomic E-state index is 0.526. The molecule has 0 heterocycles. The summed E-state index contributed by atoms with van der Waals surface area (Å²) in [7, 11) is 0. The van der Waals surface area contributed by atoms with Crippen molar-refractivity contribution in [2.24, 2.45) is 16.8 Å². The SMILES string of the molecule is C=CC/C=N/C(/C=C\C(C)C)=C/C(C)C. The summed E-state index contributed by atoms with van der Waals surface area (Å²) in [4.78, 5) is 4.40. The van der Waals surface area contributed by atoms with E-state index in [1.54, 1.807) is 0 Å². The maximum absolute atomic E-state index is 4.40. The summed E-state index contributed by atoms with van der Waals surface area (Å²) >= 11 is 0. The molecule has 0 aliphatic carbocycles. The van der Waals surface area contributed by atoms with E-state index in [4.69, 9.17) is 0 Å². The zero-order chi connectivity index (χ0) is 11.7. The molecule has 0 bridgehead atoms. The maximum Gasteiger partial charge on any atom is 0.0585 e. The molecule has 0 rings (SSSR count). The Morgan fingerprint density at radius 3 is 2.33 bits per heavy atom. The summed E-state index contributed by atoms with van der Waals surface area (Å²) in [6.45, 7) is 12.3. The lowest BCUT2D eigenvalue weighted by atomic mass is 10.1. The van der Waals surface area contributed by atoms with Crippen LogP contribution < -0.4 is 0 Å². The number of nitrogens with zero attached hydrogens (tertiary/aromatic N) is 1. The van der Waals surface area contributed by atoms with Crippen molar-refractivity contribution in [2.45, 2.75) is 34.1 Å². The van der Waals surface area contributed by atoms with Gasteiger partial charge in [-0.25, -0.2) is 0 Å². The summed E-state index contributed by atoms with van der Waals surface area (Å²) in [6.07, 6.45) is 11.0. The van der Waals surface area contributed by atoms with E-state index in [9.17, 15) is 0 Å². The first-order valence-corrected chi connectivity index (χ1v) is 5.59. The zero-order valence-corrected chi connectivity index (χ0v) is 10.4. The van der Waals surface area contributed by atoms with E-state index >= 15 is 0 Å². The van der Waals surface area contributed by atoms with Crippen LogP contribution in [0.15, 0.2) is 41.6 Å². The third kappa shape index (κ3) is 9.20. The molecule has 84 valence electrons. The largest absolute Gasteiger partial charge is 0.261 e. The van der Waals surface area contributed by atoms with Crippen LogP contribution in [-0.4, -0.2) is 6.21 Å². The molecule has 0 aliphatic rings. The Balaban J connectivity index is 4.52. The minimum Gasteiger partial charge on any atom is -0.261 e. The van der Waals surface area contributed by atoms with Gasteiger partial charge in [-0.15, -0.1) is 6.58 Å². The van der Waals surface area contributed by atoms with Crippen LogP contribution in [0.1, 0.15) is 34.1 Å². The van der Waals surface area contributed by atoms with Crippen LogP contribution in [0, 0.1) is 11.8 Å². The Hall–Kier alpha value is -1.11. The van der Waals surface area contributed by atoms with Crippen LogP contribution in [0.2, 0.25) is 0 Å². The summed E-state index contributed by atoms with van der Waals surface area (Å²) in [5, 5.41) is 0. The molecular weight excluding hydrogens is 182 g/mol. The third-order valence-electron chi connectivity index (χ3n) is 1.67. The van der Waals surface area contributed by atoms with E-state index in [-0.39, 0.29) is 0 Å². The Morgan fingerprint density at radius 1 is 1.20 bits per heavy atom. The predicted molar refractivity (Wildman–Crippen MR) is 70.2 cm³/mol. The number of hydrogen-bond donors (Lipinski definition) is 0. The van der Waals surface area contributed by atoms with Crippen molar-refractivity contribution in [2.75, 3.05) is 0 Å². The lowest BCUT2D eigenvalue weighted by molar-refractivity contribution is 0.816. The number of aliphatic imine (C=N–C) groups is 1. The molecule has 0 aromatic heterocycles. The molecule has 0 radical (unpaired) electrons. The van der Waals surface area contributed by atoms with Gasteiger partial charge in [-0.1, -0.05) is 45.9 Å². The van der Waals surface area contributed by atoms with Crippen LogP contribution in [0.25, 0.3) is 0 Å². The summed E-state index contributed by atoms with van der Waals surface area (Å²) in [5.74, 6) is 1.09. The molecule has 0 atom stereocenters. The first kappa shape index (κ1) is 13.9. The highest BCUT2D eigenvalue weighted by atomic mass is 14.7. The molecule has 0 fully saturated rings. The molecule has 0 unspecified atom stereocenters. The van der Waals surface area contributed by atoms with Crippen molar-refractivity contribution in [1.82, 2.24) is 0 Å². The van der Waals surface area contributed by atoms with Crippen molar-refractivity contribution in [3.05, 3.63) is 36.6 Å². The van der Waals surface area contributed by atoms with E-state index in [1.807, 2.05) is 12.3 Å². The molecule has 0 aromatic rings. The topological polar surface area (TPSA) is 12.4 Å². The monoisotopic (exact) mass is 205 g/mol. The van der Waals surface area contributed by atoms with Gasteiger partial charge in [0.15, 0.2) is 0 Å². The molecule has 0 amide bonds. The van der Waals surface area contributed by atoms with Gasteiger partial charge in [-0.3, -0.25) is 4.99 Å². The van der Waals surface area contributed by atoms with E-state index in [1.165, 1.54) is 0 Å². The molecule has 1 heteroatoms. The maximum atomic E-state index is 4.40. The van der Waals surface area contributed by atoms with Gasteiger partial charge in [0.25, 0.3) is 0 Å². The van der Waals surface area contributed by atoms with Crippen molar-refractivity contribution in [1.29, 1.82) is 0 Å². The lowest BCUT2D eigenvalue weighted by Crippen LogP contribution is -1.85. The number of rotatable bonds is 6. The van der Waals surface area contributed by atoms with Gasteiger partial charge in [-0.05, 0) is 17.9 Å². The molecular formula is C14H23N. The van der Waals surface area contributed by atoms with Crippen LogP contribution in [0.5, 0.6) is 0 Å². The Labute approximate surface area is 94.3 Å². The smallest absolute Gasteiger partial charge is 0.0585 e. The molecule has 1 nitrogen and oxygen atoms in total. The first-order chi connectivity index (χ1) is 7.06. The predicted octanol–water partition coefficient (Wildman–Crippen LogP) is 4.39. The van der Waals surface area contributed by atoms with Crippen LogP contribution in [0.4, 0.5) is 0 Å². The van der Waals surface area contributed by atoms with Gasteiger partial charge in [0.1, 0.15) is 0 Å². The van der Waals surface area contributed by atoms with Crippen molar-refractivity contribution >= 4 is 6.21 Å². The molecule has 0 spiro atoms. The quantitative estimate of drug-likeness (QED) is 0.346. The average molecular weight is 205 g/mol. The number of hydrogen-bond acceptors (Lipinski definition) is 1. The molecule has 0 aromatic carbocycles. The molecule has 15 heavy (non-hydrogen) atoms. The molecule has 0 saturated heterocycles.